The molecule has 1 fully saturated rings. The van der Waals surface area contributed by atoms with Crippen LogP contribution in [0.15, 0.2) is 89.9 Å². The van der Waals surface area contributed by atoms with Crippen LogP contribution in [-0.4, -0.2) is 35.9 Å². The van der Waals surface area contributed by atoms with Crippen molar-refractivity contribution in [1.82, 2.24) is 0 Å². The number of ether oxygens (including phenoxy) is 2. The third kappa shape index (κ3) is 7.03. The molecule has 4 rings (SSSR count). The van der Waals surface area contributed by atoms with Crippen molar-refractivity contribution in [3.05, 3.63) is 107 Å². The molecule has 0 radical (unpaired) electrons. The monoisotopic (exact) mass is 525 g/mol. The molecule has 0 bridgehead atoms. The molecule has 0 saturated heterocycles. The fourth-order valence-electron chi connectivity index (χ4n) is 5.23. The highest BCUT2D eigenvalue weighted by atomic mass is 16.6. The summed E-state index contributed by atoms with van der Waals surface area (Å²) in [7, 11) is 0. The molecule has 3 aromatic carbocycles. The second-order valence-corrected chi connectivity index (χ2v) is 11.2. The fourth-order valence-corrected chi connectivity index (χ4v) is 5.23. The predicted octanol–water partition coefficient (Wildman–Crippen LogP) is 6.85. The van der Waals surface area contributed by atoms with E-state index < -0.39 is 17.1 Å². The number of esters is 2. The number of rotatable bonds is 9. The van der Waals surface area contributed by atoms with E-state index in [1.807, 2.05) is 106 Å². The first kappa shape index (κ1) is 28.3. The SMILES string of the molecule is CCOC(=O)[C@@H](Cc1ccc(C2(C(=O)OC(C)(C)C)CCCC2)cc1)N=C(c1ccccc1)c1ccccc1. The average Bonchev–Trinajstić information content (AvgIpc) is 3.43. The smallest absolute Gasteiger partial charge is 0.331 e. The highest BCUT2D eigenvalue weighted by molar-refractivity contribution is 6.13. The summed E-state index contributed by atoms with van der Waals surface area (Å²) < 4.78 is 11.3. The van der Waals surface area contributed by atoms with Gasteiger partial charge in [-0.1, -0.05) is 97.8 Å². The molecular weight excluding hydrogens is 486 g/mol. The lowest BCUT2D eigenvalue weighted by Gasteiger charge is -2.31. The lowest BCUT2D eigenvalue weighted by Crippen LogP contribution is -2.39. The maximum absolute atomic E-state index is 13.3. The van der Waals surface area contributed by atoms with Crippen molar-refractivity contribution >= 4 is 17.7 Å². The molecule has 5 nitrogen and oxygen atoms in total. The fraction of sp³-hybridized carbons (Fsp3) is 0.382. The van der Waals surface area contributed by atoms with Crippen molar-refractivity contribution < 1.29 is 19.1 Å². The van der Waals surface area contributed by atoms with E-state index in [9.17, 15) is 9.59 Å². The zero-order chi connectivity index (χ0) is 27.9. The van der Waals surface area contributed by atoms with E-state index in [4.69, 9.17) is 14.5 Å². The number of carbonyl (C=O) groups excluding carboxylic acids is 2. The van der Waals surface area contributed by atoms with Crippen LogP contribution in [0.5, 0.6) is 0 Å². The molecule has 1 aliphatic rings. The van der Waals surface area contributed by atoms with Crippen LogP contribution in [0.2, 0.25) is 0 Å². The first-order chi connectivity index (χ1) is 18.7. The van der Waals surface area contributed by atoms with Gasteiger partial charge in [-0.05, 0) is 51.7 Å². The minimum absolute atomic E-state index is 0.149. The molecule has 0 amide bonds. The van der Waals surface area contributed by atoms with Gasteiger partial charge in [0.15, 0.2) is 6.04 Å². The van der Waals surface area contributed by atoms with E-state index in [0.29, 0.717) is 6.42 Å². The van der Waals surface area contributed by atoms with E-state index in [1.165, 1.54) is 0 Å². The summed E-state index contributed by atoms with van der Waals surface area (Å²) in [5.74, 6) is -0.503. The van der Waals surface area contributed by atoms with Gasteiger partial charge in [-0.15, -0.1) is 0 Å². The van der Waals surface area contributed by atoms with Crippen molar-refractivity contribution in [2.75, 3.05) is 6.61 Å². The molecule has 0 unspecified atom stereocenters. The van der Waals surface area contributed by atoms with Crippen LogP contribution in [0.4, 0.5) is 0 Å². The zero-order valence-corrected chi connectivity index (χ0v) is 23.5. The van der Waals surface area contributed by atoms with Crippen molar-refractivity contribution in [3.8, 4) is 0 Å². The third-order valence-electron chi connectivity index (χ3n) is 7.12. The van der Waals surface area contributed by atoms with Gasteiger partial charge in [-0.25, -0.2) is 4.79 Å². The molecule has 0 aromatic heterocycles. The van der Waals surface area contributed by atoms with Gasteiger partial charge in [0.2, 0.25) is 0 Å². The largest absolute Gasteiger partial charge is 0.464 e. The maximum Gasteiger partial charge on any atom is 0.331 e. The van der Waals surface area contributed by atoms with E-state index in [-0.39, 0.29) is 18.5 Å². The summed E-state index contributed by atoms with van der Waals surface area (Å²) in [6.45, 7) is 7.82. The summed E-state index contributed by atoms with van der Waals surface area (Å²) in [6.07, 6.45) is 3.97. The molecule has 1 saturated carbocycles. The zero-order valence-electron chi connectivity index (χ0n) is 23.5. The number of nitrogens with zero attached hydrogens (tertiary/aromatic N) is 1. The van der Waals surface area contributed by atoms with E-state index in [2.05, 4.69) is 0 Å². The molecule has 0 heterocycles. The Hall–Kier alpha value is -3.73. The number of hydrogen-bond acceptors (Lipinski definition) is 5. The van der Waals surface area contributed by atoms with Crippen LogP contribution in [0.25, 0.3) is 0 Å². The van der Waals surface area contributed by atoms with E-state index in [0.717, 1.165) is 53.6 Å². The van der Waals surface area contributed by atoms with Crippen LogP contribution >= 0.6 is 0 Å². The second-order valence-electron chi connectivity index (χ2n) is 11.2. The number of carbonyl (C=O) groups is 2. The highest BCUT2D eigenvalue weighted by Crippen LogP contribution is 2.43. The molecule has 5 heteroatoms. The second kappa shape index (κ2) is 12.4. The number of aliphatic imine (C=N–C) groups is 1. The van der Waals surface area contributed by atoms with Gasteiger partial charge in [-0.2, -0.15) is 0 Å². The van der Waals surface area contributed by atoms with Crippen molar-refractivity contribution in [1.29, 1.82) is 0 Å². The lowest BCUT2D eigenvalue weighted by atomic mass is 9.78. The average molecular weight is 526 g/mol. The van der Waals surface area contributed by atoms with Gasteiger partial charge in [0.25, 0.3) is 0 Å². The molecule has 39 heavy (non-hydrogen) atoms. The minimum atomic E-state index is -0.711. The van der Waals surface area contributed by atoms with Gasteiger partial charge < -0.3 is 9.47 Å². The van der Waals surface area contributed by atoms with Gasteiger partial charge in [0.1, 0.15) is 5.60 Å². The number of hydrogen-bond donors (Lipinski definition) is 0. The van der Waals surface area contributed by atoms with Crippen LogP contribution in [0.1, 0.15) is 75.6 Å². The summed E-state index contributed by atoms with van der Waals surface area (Å²) in [5, 5.41) is 0. The van der Waals surface area contributed by atoms with E-state index >= 15 is 0 Å². The normalized spacial score (nSPS) is 15.3. The maximum atomic E-state index is 13.3. The van der Waals surface area contributed by atoms with Crippen LogP contribution in [0.3, 0.4) is 0 Å². The van der Waals surface area contributed by atoms with Gasteiger partial charge in [0.05, 0.1) is 17.7 Å². The summed E-state index contributed by atoms with van der Waals surface area (Å²) in [4.78, 5) is 31.4. The number of benzene rings is 3. The van der Waals surface area contributed by atoms with Crippen molar-refractivity contribution in [2.45, 2.75) is 76.9 Å². The summed E-state index contributed by atoms with van der Waals surface area (Å²) in [6, 6.07) is 27.1. The van der Waals surface area contributed by atoms with Gasteiger partial charge in [-0.3, -0.25) is 9.79 Å². The first-order valence-electron chi connectivity index (χ1n) is 13.9. The van der Waals surface area contributed by atoms with Gasteiger partial charge in [0, 0.05) is 17.5 Å². The quantitative estimate of drug-likeness (QED) is 0.226. The summed E-state index contributed by atoms with van der Waals surface area (Å²) in [5.41, 5.74) is 3.41. The Bertz CT molecular complexity index is 1230. The first-order valence-corrected chi connectivity index (χ1v) is 13.9. The highest BCUT2D eigenvalue weighted by Gasteiger charge is 2.45. The molecule has 3 aromatic rings. The molecular formula is C34H39NO4. The molecule has 1 aliphatic carbocycles. The minimum Gasteiger partial charge on any atom is -0.464 e. The van der Waals surface area contributed by atoms with E-state index in [1.54, 1.807) is 6.92 Å². The lowest BCUT2D eigenvalue weighted by molar-refractivity contribution is -0.162. The molecule has 0 N–H and O–H groups in total. The van der Waals surface area contributed by atoms with Gasteiger partial charge >= 0.3 is 11.9 Å². The Balaban J connectivity index is 1.65. The predicted molar refractivity (Wildman–Crippen MR) is 155 cm³/mol. The Kier molecular flexibility index (Phi) is 9.01. The molecule has 0 spiro atoms. The topological polar surface area (TPSA) is 65.0 Å². The van der Waals surface area contributed by atoms with Crippen molar-refractivity contribution in [2.24, 2.45) is 4.99 Å². The summed E-state index contributed by atoms with van der Waals surface area (Å²) >= 11 is 0. The Labute approximate surface area is 232 Å². The molecule has 204 valence electrons. The van der Waals surface area contributed by atoms with Crippen molar-refractivity contribution in [3.63, 3.8) is 0 Å². The standard InChI is InChI=1S/C34H39NO4/c1-5-38-31(36)29(35-30(26-14-8-6-9-15-26)27-16-10-7-11-17-27)24-25-18-20-28(21-19-25)34(22-12-13-23-34)32(37)39-33(2,3)4/h6-11,14-21,29H,5,12-13,22-24H2,1-4H3/t29-/m1/s1. The van der Waals surface area contributed by atoms with Crippen LogP contribution < -0.4 is 0 Å². The molecule has 1 atom stereocenters. The Morgan fingerprint density at radius 2 is 1.38 bits per heavy atom. The Morgan fingerprint density at radius 3 is 1.87 bits per heavy atom. The Morgan fingerprint density at radius 1 is 0.846 bits per heavy atom. The molecule has 0 aliphatic heterocycles. The third-order valence-corrected chi connectivity index (χ3v) is 7.12. The van der Waals surface area contributed by atoms with Crippen LogP contribution in [0, 0.1) is 0 Å². The van der Waals surface area contributed by atoms with Crippen LogP contribution in [-0.2, 0) is 30.9 Å².